The summed E-state index contributed by atoms with van der Waals surface area (Å²) in [6, 6.07) is 9.49. The molecule has 4 aliphatic rings. The molecule has 0 amide bonds. The monoisotopic (exact) mass is 490 g/mol. The second-order valence-corrected chi connectivity index (χ2v) is 13.9. The first-order valence-electron chi connectivity index (χ1n) is 15.2. The maximum Gasteiger partial charge on any atom is 0.338 e. The molecule has 5 rings (SSSR count). The maximum atomic E-state index is 12.7. The van der Waals surface area contributed by atoms with Crippen molar-refractivity contribution in [1.29, 1.82) is 0 Å². The summed E-state index contributed by atoms with van der Waals surface area (Å²) in [7, 11) is 0. The molecule has 2 nitrogen and oxygen atoms in total. The summed E-state index contributed by atoms with van der Waals surface area (Å²) >= 11 is 0. The number of esters is 1. The number of carbonyl (C=O) groups excluding carboxylic acids is 1. The Balaban J connectivity index is 1.25. The molecule has 0 unspecified atom stereocenters. The number of carbonyl (C=O) groups is 1. The zero-order chi connectivity index (χ0) is 25.5. The summed E-state index contributed by atoms with van der Waals surface area (Å²) < 4.78 is 6.00. The predicted octanol–water partition coefficient (Wildman–Crippen LogP) is 9.25. The number of fused-ring (bicyclic) bond motifs is 5. The van der Waals surface area contributed by atoms with Crippen LogP contribution >= 0.6 is 0 Å². The van der Waals surface area contributed by atoms with Crippen LogP contribution in [0.3, 0.4) is 0 Å². The van der Waals surface area contributed by atoms with Crippen LogP contribution in [0.4, 0.5) is 0 Å². The molecule has 0 radical (unpaired) electrons. The molecule has 0 heterocycles. The molecule has 0 N–H and O–H groups in total. The van der Waals surface area contributed by atoms with Crippen molar-refractivity contribution in [3.05, 3.63) is 47.5 Å². The number of allylic oxidation sites excluding steroid dienone is 1. The highest BCUT2D eigenvalue weighted by Crippen LogP contribution is 2.67. The molecule has 1 aromatic carbocycles. The van der Waals surface area contributed by atoms with Crippen LogP contribution in [0.2, 0.25) is 0 Å². The standard InChI is InChI=1S/C34H50O2/c1-23(2)10-9-11-24(3)29-16-17-30-28-15-14-26-22-27(36-32(35)25-12-7-6-8-13-25)18-20-33(26,4)31(28)19-21-34(29,30)5/h6-8,12-14,23-24,27-31H,9-11,15-22H2,1-5H3/t24-,27-,28-,29+,30-,31-,33-,34+/m0/s1. The Morgan fingerprint density at radius 2 is 1.75 bits per heavy atom. The van der Waals surface area contributed by atoms with Gasteiger partial charge >= 0.3 is 5.97 Å². The summed E-state index contributed by atoms with van der Waals surface area (Å²) in [5, 5.41) is 0. The van der Waals surface area contributed by atoms with Gasteiger partial charge in [0.15, 0.2) is 0 Å². The van der Waals surface area contributed by atoms with Gasteiger partial charge in [0.2, 0.25) is 0 Å². The van der Waals surface area contributed by atoms with Crippen LogP contribution in [0.1, 0.15) is 116 Å². The second kappa shape index (κ2) is 10.3. The van der Waals surface area contributed by atoms with Crippen LogP contribution in [0.25, 0.3) is 0 Å². The van der Waals surface area contributed by atoms with E-state index in [1.165, 1.54) is 57.8 Å². The van der Waals surface area contributed by atoms with Crippen LogP contribution in [0.5, 0.6) is 0 Å². The van der Waals surface area contributed by atoms with E-state index in [-0.39, 0.29) is 12.1 Å². The van der Waals surface area contributed by atoms with Crippen LogP contribution in [-0.4, -0.2) is 12.1 Å². The number of hydrogen-bond donors (Lipinski definition) is 0. The van der Waals surface area contributed by atoms with Gasteiger partial charge in [0.25, 0.3) is 0 Å². The van der Waals surface area contributed by atoms with E-state index < -0.39 is 0 Å². The third-order valence-electron chi connectivity index (χ3n) is 11.5. The van der Waals surface area contributed by atoms with E-state index in [0.717, 1.165) is 48.3 Å². The first-order valence-corrected chi connectivity index (χ1v) is 15.2. The lowest BCUT2D eigenvalue weighted by molar-refractivity contribution is -0.0594. The minimum Gasteiger partial charge on any atom is -0.458 e. The van der Waals surface area contributed by atoms with E-state index in [1.54, 1.807) is 5.57 Å². The zero-order valence-electron chi connectivity index (χ0n) is 23.6. The third kappa shape index (κ3) is 4.71. The van der Waals surface area contributed by atoms with E-state index in [4.69, 9.17) is 4.74 Å². The van der Waals surface area contributed by atoms with E-state index in [0.29, 0.717) is 16.4 Å². The Kier molecular flexibility index (Phi) is 7.45. The quantitative estimate of drug-likeness (QED) is 0.281. The molecule has 4 aliphatic carbocycles. The minimum atomic E-state index is -0.161. The Hall–Kier alpha value is -1.57. The van der Waals surface area contributed by atoms with Crippen molar-refractivity contribution in [3.63, 3.8) is 0 Å². The summed E-state index contributed by atoms with van der Waals surface area (Å²) in [5.41, 5.74) is 3.12. The molecule has 8 atom stereocenters. The molecule has 36 heavy (non-hydrogen) atoms. The number of benzene rings is 1. The first-order chi connectivity index (χ1) is 17.2. The van der Waals surface area contributed by atoms with Crippen LogP contribution in [0, 0.1) is 46.3 Å². The SMILES string of the molecule is CC(C)CCC[C@H](C)[C@H]1CC[C@H]2[C@@H]3CC=C4C[C@@H](OC(=O)c5ccccc5)CC[C@]4(C)[C@H]3CC[C@]12C. The van der Waals surface area contributed by atoms with Crippen molar-refractivity contribution >= 4 is 5.97 Å². The van der Waals surface area contributed by atoms with Gasteiger partial charge in [-0.15, -0.1) is 0 Å². The van der Waals surface area contributed by atoms with E-state index in [9.17, 15) is 4.79 Å². The third-order valence-corrected chi connectivity index (χ3v) is 11.5. The van der Waals surface area contributed by atoms with Crippen LogP contribution < -0.4 is 0 Å². The van der Waals surface area contributed by atoms with E-state index in [1.807, 2.05) is 30.3 Å². The predicted molar refractivity (Wildman–Crippen MR) is 149 cm³/mol. The average Bonchev–Trinajstić information content (AvgIpc) is 3.22. The maximum absolute atomic E-state index is 12.7. The number of hydrogen-bond acceptors (Lipinski definition) is 2. The lowest BCUT2D eigenvalue weighted by Crippen LogP contribution is -2.51. The highest BCUT2D eigenvalue weighted by atomic mass is 16.5. The van der Waals surface area contributed by atoms with Gasteiger partial charge in [0, 0.05) is 6.42 Å². The topological polar surface area (TPSA) is 26.3 Å². The van der Waals surface area contributed by atoms with Gasteiger partial charge in [-0.05, 0) is 103 Å². The average molecular weight is 491 g/mol. The molecule has 1 aromatic rings. The normalized spacial score (nSPS) is 38.5. The van der Waals surface area contributed by atoms with Gasteiger partial charge in [-0.3, -0.25) is 0 Å². The molecular formula is C34H50O2. The van der Waals surface area contributed by atoms with Gasteiger partial charge in [-0.2, -0.15) is 0 Å². The Morgan fingerprint density at radius 1 is 0.972 bits per heavy atom. The largest absolute Gasteiger partial charge is 0.458 e. The number of ether oxygens (including phenoxy) is 1. The minimum absolute atomic E-state index is 0.0324. The molecule has 198 valence electrons. The van der Waals surface area contributed by atoms with E-state index >= 15 is 0 Å². The molecule has 0 spiro atoms. The van der Waals surface area contributed by atoms with Gasteiger partial charge in [0.1, 0.15) is 6.10 Å². The fourth-order valence-electron chi connectivity index (χ4n) is 9.55. The highest BCUT2D eigenvalue weighted by Gasteiger charge is 2.59. The van der Waals surface area contributed by atoms with E-state index in [2.05, 4.69) is 40.7 Å². The van der Waals surface area contributed by atoms with Crippen LogP contribution in [-0.2, 0) is 4.74 Å². The summed E-state index contributed by atoms with van der Waals surface area (Å²) in [5.74, 6) is 5.03. The fourth-order valence-corrected chi connectivity index (χ4v) is 9.55. The molecule has 3 fully saturated rings. The van der Waals surface area contributed by atoms with Gasteiger partial charge in [0.05, 0.1) is 5.56 Å². The summed E-state index contributed by atoms with van der Waals surface area (Å²) in [6.45, 7) is 12.6. The first kappa shape index (κ1) is 26.1. The van der Waals surface area contributed by atoms with Crippen LogP contribution in [0.15, 0.2) is 42.0 Å². The second-order valence-electron chi connectivity index (χ2n) is 13.9. The Bertz CT molecular complexity index is 947. The molecule has 0 aliphatic heterocycles. The molecular weight excluding hydrogens is 440 g/mol. The Morgan fingerprint density at radius 3 is 2.50 bits per heavy atom. The van der Waals surface area contributed by atoms with Crippen molar-refractivity contribution in [3.8, 4) is 0 Å². The fraction of sp³-hybridized carbons (Fsp3) is 0.735. The summed E-state index contributed by atoms with van der Waals surface area (Å²) in [6.07, 6.45) is 17.0. The van der Waals surface area contributed by atoms with Gasteiger partial charge in [-0.25, -0.2) is 4.79 Å². The smallest absolute Gasteiger partial charge is 0.338 e. The van der Waals surface area contributed by atoms with Gasteiger partial charge in [-0.1, -0.05) is 83.7 Å². The molecule has 2 heteroatoms. The van der Waals surface area contributed by atoms with Crippen molar-refractivity contribution < 1.29 is 9.53 Å². The Labute approximate surface area is 220 Å². The molecule has 3 saturated carbocycles. The number of rotatable bonds is 7. The zero-order valence-corrected chi connectivity index (χ0v) is 23.6. The van der Waals surface area contributed by atoms with Crippen molar-refractivity contribution in [1.82, 2.24) is 0 Å². The van der Waals surface area contributed by atoms with Gasteiger partial charge < -0.3 is 4.74 Å². The lowest BCUT2D eigenvalue weighted by Gasteiger charge is -2.58. The van der Waals surface area contributed by atoms with Crippen molar-refractivity contribution in [2.24, 2.45) is 46.3 Å². The molecule has 0 aromatic heterocycles. The lowest BCUT2D eigenvalue weighted by atomic mass is 9.47. The molecule has 0 bridgehead atoms. The molecule has 0 saturated heterocycles. The summed E-state index contributed by atoms with van der Waals surface area (Å²) in [4.78, 5) is 12.7. The van der Waals surface area contributed by atoms with Crippen molar-refractivity contribution in [2.75, 3.05) is 0 Å². The highest BCUT2D eigenvalue weighted by molar-refractivity contribution is 5.89. The van der Waals surface area contributed by atoms with Crippen molar-refractivity contribution in [2.45, 2.75) is 111 Å².